The first-order valence-electron chi connectivity index (χ1n) is 6.99. The van der Waals surface area contributed by atoms with E-state index in [1.807, 2.05) is 5.32 Å². The second kappa shape index (κ2) is 8.14. The summed E-state index contributed by atoms with van der Waals surface area (Å²) in [6, 6.07) is 0. The standard InChI is InChI=1S/C13H18F3N3O3S/c1-3-5-6-9(20)18-12(13(14,15)16,10(21)22-4-2)19-11-17-7-8-23-11/h7-8H,3-6H2,1-2H3,(H,17,19)(H,18,20)/t12-/m0/s1. The van der Waals surface area contributed by atoms with Crippen molar-refractivity contribution in [2.24, 2.45) is 0 Å². The summed E-state index contributed by atoms with van der Waals surface area (Å²) in [6.07, 6.45) is -2.94. The van der Waals surface area contributed by atoms with Gasteiger partial charge in [0, 0.05) is 18.0 Å². The molecule has 10 heteroatoms. The predicted octanol–water partition coefficient (Wildman–Crippen LogP) is 2.68. The van der Waals surface area contributed by atoms with E-state index in [1.54, 1.807) is 12.2 Å². The maximum absolute atomic E-state index is 13.6. The molecule has 0 radical (unpaired) electrons. The van der Waals surface area contributed by atoms with Crippen molar-refractivity contribution in [2.75, 3.05) is 11.9 Å². The summed E-state index contributed by atoms with van der Waals surface area (Å²) < 4.78 is 45.4. The smallest absolute Gasteiger partial charge is 0.442 e. The Bertz CT molecular complexity index is 522. The summed E-state index contributed by atoms with van der Waals surface area (Å²) >= 11 is 0.865. The van der Waals surface area contributed by atoms with E-state index in [0.29, 0.717) is 12.8 Å². The molecule has 2 N–H and O–H groups in total. The average Bonchev–Trinajstić information content (AvgIpc) is 2.96. The summed E-state index contributed by atoms with van der Waals surface area (Å²) in [5, 5.41) is 5.00. The molecule has 0 aliphatic rings. The van der Waals surface area contributed by atoms with E-state index in [1.165, 1.54) is 18.5 Å². The SMILES string of the molecule is CCCCC(=O)N[C@](Nc1nccs1)(C(=O)OCC)C(F)(F)F. The number of unbranched alkanes of at least 4 members (excludes halogenated alkanes) is 1. The van der Waals surface area contributed by atoms with E-state index in [9.17, 15) is 22.8 Å². The summed E-state index contributed by atoms with van der Waals surface area (Å²) in [7, 11) is 0. The fourth-order valence-electron chi connectivity index (χ4n) is 1.68. The Balaban J connectivity index is 3.17. The van der Waals surface area contributed by atoms with E-state index in [-0.39, 0.29) is 18.2 Å². The number of halogens is 3. The Morgan fingerprint density at radius 1 is 1.35 bits per heavy atom. The number of thiazole rings is 1. The summed E-state index contributed by atoms with van der Waals surface area (Å²) in [6.45, 7) is 2.91. The van der Waals surface area contributed by atoms with Gasteiger partial charge in [-0.25, -0.2) is 9.78 Å². The van der Waals surface area contributed by atoms with Crippen LogP contribution in [0.15, 0.2) is 11.6 Å². The quantitative estimate of drug-likeness (QED) is 0.555. The zero-order valence-corrected chi connectivity index (χ0v) is 13.5. The highest BCUT2D eigenvalue weighted by molar-refractivity contribution is 7.13. The molecule has 1 rings (SSSR count). The van der Waals surface area contributed by atoms with Crippen molar-refractivity contribution in [1.29, 1.82) is 0 Å². The molecule has 1 heterocycles. The molecule has 0 aromatic carbocycles. The van der Waals surface area contributed by atoms with Gasteiger partial charge in [0.05, 0.1) is 6.61 Å². The largest absolute Gasteiger partial charge is 0.463 e. The lowest BCUT2D eigenvalue weighted by atomic mass is 10.1. The van der Waals surface area contributed by atoms with Gasteiger partial charge >= 0.3 is 17.8 Å². The van der Waals surface area contributed by atoms with Crippen molar-refractivity contribution >= 4 is 28.3 Å². The van der Waals surface area contributed by atoms with Gasteiger partial charge < -0.3 is 15.4 Å². The van der Waals surface area contributed by atoms with E-state index in [4.69, 9.17) is 0 Å². The molecule has 0 fully saturated rings. The normalized spacial score (nSPS) is 14.0. The zero-order chi connectivity index (χ0) is 17.5. The molecule has 1 amide bonds. The fraction of sp³-hybridized carbons (Fsp3) is 0.615. The first-order valence-corrected chi connectivity index (χ1v) is 7.87. The number of nitrogens with zero attached hydrogens (tertiary/aromatic N) is 1. The van der Waals surface area contributed by atoms with Crippen molar-refractivity contribution in [3.05, 3.63) is 11.6 Å². The van der Waals surface area contributed by atoms with Crippen molar-refractivity contribution in [2.45, 2.75) is 44.9 Å². The van der Waals surface area contributed by atoms with Crippen molar-refractivity contribution < 1.29 is 27.5 Å². The summed E-state index contributed by atoms with van der Waals surface area (Å²) in [5.41, 5.74) is -3.37. The Hall–Kier alpha value is -1.84. The topological polar surface area (TPSA) is 80.3 Å². The van der Waals surface area contributed by atoms with Crippen molar-refractivity contribution in [3.63, 3.8) is 0 Å². The van der Waals surface area contributed by atoms with Gasteiger partial charge in [0.15, 0.2) is 5.13 Å². The number of ether oxygens (including phenoxy) is 1. The number of esters is 1. The van der Waals surface area contributed by atoms with Gasteiger partial charge in [-0.3, -0.25) is 4.79 Å². The first-order chi connectivity index (χ1) is 10.8. The van der Waals surface area contributed by atoms with Gasteiger partial charge in [0.25, 0.3) is 0 Å². The van der Waals surface area contributed by atoms with Crippen LogP contribution in [0.2, 0.25) is 0 Å². The number of aromatic nitrogens is 1. The number of alkyl halides is 3. The number of carbonyl (C=O) groups excluding carboxylic acids is 2. The second-order valence-electron chi connectivity index (χ2n) is 4.58. The number of rotatable bonds is 8. The molecule has 0 bridgehead atoms. The van der Waals surface area contributed by atoms with Gasteiger partial charge in [0.2, 0.25) is 5.91 Å². The lowest BCUT2D eigenvalue weighted by molar-refractivity contribution is -0.207. The summed E-state index contributed by atoms with van der Waals surface area (Å²) in [4.78, 5) is 27.5. The van der Waals surface area contributed by atoms with E-state index >= 15 is 0 Å². The second-order valence-corrected chi connectivity index (χ2v) is 5.48. The van der Waals surface area contributed by atoms with Crippen LogP contribution in [0.3, 0.4) is 0 Å². The molecule has 0 unspecified atom stereocenters. The van der Waals surface area contributed by atoms with Crippen LogP contribution < -0.4 is 10.6 Å². The molecule has 0 saturated heterocycles. The third kappa shape index (κ3) is 4.81. The molecule has 0 saturated carbocycles. The van der Waals surface area contributed by atoms with Crippen molar-refractivity contribution in [1.82, 2.24) is 10.3 Å². The zero-order valence-electron chi connectivity index (χ0n) is 12.7. The third-order valence-corrected chi connectivity index (χ3v) is 3.51. The van der Waals surface area contributed by atoms with Crippen LogP contribution >= 0.6 is 11.3 Å². The number of nitrogens with one attached hydrogen (secondary N) is 2. The molecular formula is C13H18F3N3O3S. The molecule has 23 heavy (non-hydrogen) atoms. The van der Waals surface area contributed by atoms with Crippen LogP contribution in [0.1, 0.15) is 33.1 Å². The molecule has 1 atom stereocenters. The Kier molecular flexibility index (Phi) is 6.79. The van der Waals surface area contributed by atoms with Crippen LogP contribution in [0.25, 0.3) is 0 Å². The third-order valence-electron chi connectivity index (χ3n) is 2.82. The highest BCUT2D eigenvalue weighted by Gasteiger charge is 2.63. The Labute approximate surface area is 135 Å². The molecule has 0 aliphatic carbocycles. The molecule has 130 valence electrons. The van der Waals surface area contributed by atoms with Gasteiger partial charge in [-0.2, -0.15) is 13.2 Å². The van der Waals surface area contributed by atoms with Crippen LogP contribution in [-0.2, 0) is 14.3 Å². The van der Waals surface area contributed by atoms with Crippen LogP contribution in [0.5, 0.6) is 0 Å². The summed E-state index contributed by atoms with van der Waals surface area (Å²) in [5.74, 6) is -2.53. The molecular weight excluding hydrogens is 335 g/mol. The fourth-order valence-corrected chi connectivity index (χ4v) is 2.27. The molecule has 6 nitrogen and oxygen atoms in total. The Morgan fingerprint density at radius 2 is 2.04 bits per heavy atom. The number of carbonyl (C=O) groups is 2. The van der Waals surface area contributed by atoms with Gasteiger partial charge in [-0.15, -0.1) is 11.3 Å². The van der Waals surface area contributed by atoms with Crippen LogP contribution in [0.4, 0.5) is 18.3 Å². The molecule has 1 aromatic rings. The Morgan fingerprint density at radius 3 is 2.52 bits per heavy atom. The van der Waals surface area contributed by atoms with Crippen molar-refractivity contribution in [3.8, 4) is 0 Å². The predicted molar refractivity (Wildman–Crippen MR) is 78.8 cm³/mol. The first kappa shape index (κ1) is 19.2. The monoisotopic (exact) mass is 353 g/mol. The van der Waals surface area contributed by atoms with E-state index in [2.05, 4.69) is 9.72 Å². The highest BCUT2D eigenvalue weighted by Crippen LogP contribution is 2.33. The number of hydrogen-bond acceptors (Lipinski definition) is 6. The molecule has 0 spiro atoms. The number of anilines is 1. The highest BCUT2D eigenvalue weighted by atomic mass is 32.1. The lowest BCUT2D eigenvalue weighted by Crippen LogP contribution is -2.69. The molecule has 0 aliphatic heterocycles. The van der Waals surface area contributed by atoms with Crippen LogP contribution in [-0.4, -0.2) is 35.3 Å². The van der Waals surface area contributed by atoms with Gasteiger partial charge in [-0.1, -0.05) is 13.3 Å². The number of hydrogen-bond donors (Lipinski definition) is 2. The van der Waals surface area contributed by atoms with E-state index in [0.717, 1.165) is 11.3 Å². The van der Waals surface area contributed by atoms with Gasteiger partial charge in [0.1, 0.15) is 0 Å². The maximum atomic E-state index is 13.6. The van der Waals surface area contributed by atoms with Gasteiger partial charge in [-0.05, 0) is 13.3 Å². The minimum absolute atomic E-state index is 0.132. The van der Waals surface area contributed by atoms with E-state index < -0.39 is 23.7 Å². The average molecular weight is 353 g/mol. The minimum atomic E-state index is -5.12. The number of amides is 1. The molecule has 1 aromatic heterocycles. The maximum Gasteiger partial charge on any atom is 0.442 e. The minimum Gasteiger partial charge on any atom is -0.463 e. The van der Waals surface area contributed by atoms with Crippen LogP contribution in [0, 0.1) is 0 Å². The lowest BCUT2D eigenvalue weighted by Gasteiger charge is -2.34.